The van der Waals surface area contributed by atoms with E-state index in [2.05, 4.69) is 15.2 Å². The normalized spacial score (nSPS) is 19.6. The molecule has 1 atom stereocenters. The summed E-state index contributed by atoms with van der Waals surface area (Å²) in [4.78, 5) is 6.80. The zero-order valence-electron chi connectivity index (χ0n) is 9.47. The quantitative estimate of drug-likeness (QED) is 0.773. The highest BCUT2D eigenvalue weighted by Crippen LogP contribution is 2.22. The maximum Gasteiger partial charge on any atom is 0.0576 e. The van der Waals surface area contributed by atoms with E-state index in [9.17, 15) is 0 Å². The van der Waals surface area contributed by atoms with Crippen molar-refractivity contribution in [2.24, 2.45) is 0 Å². The fraction of sp³-hybridized carbons (Fsp3) is 0.583. The Hall–Kier alpha value is -0.970. The third-order valence-electron chi connectivity index (χ3n) is 3.02. The third-order valence-corrected chi connectivity index (χ3v) is 3.02. The van der Waals surface area contributed by atoms with E-state index in [1.807, 2.05) is 24.4 Å². The van der Waals surface area contributed by atoms with Gasteiger partial charge < -0.3 is 10.4 Å². The van der Waals surface area contributed by atoms with Crippen LogP contribution in [0.3, 0.4) is 0 Å². The molecule has 1 aromatic heterocycles. The molecule has 2 rings (SSSR count). The summed E-state index contributed by atoms with van der Waals surface area (Å²) in [5.74, 6) is 0. The molecule has 1 aliphatic heterocycles. The van der Waals surface area contributed by atoms with Gasteiger partial charge in [0, 0.05) is 39.0 Å². The van der Waals surface area contributed by atoms with Crippen LogP contribution in [-0.2, 0) is 0 Å². The summed E-state index contributed by atoms with van der Waals surface area (Å²) in [7, 11) is 0. The van der Waals surface area contributed by atoms with Gasteiger partial charge in [0.1, 0.15) is 0 Å². The predicted molar refractivity (Wildman–Crippen MR) is 63.1 cm³/mol. The minimum Gasteiger partial charge on any atom is -0.396 e. The van der Waals surface area contributed by atoms with Crippen molar-refractivity contribution < 1.29 is 5.11 Å². The van der Waals surface area contributed by atoms with Crippen molar-refractivity contribution in [3.63, 3.8) is 0 Å². The largest absolute Gasteiger partial charge is 0.396 e. The number of aliphatic hydroxyl groups excluding tert-OH is 1. The van der Waals surface area contributed by atoms with E-state index < -0.39 is 0 Å². The van der Waals surface area contributed by atoms with Gasteiger partial charge in [0.05, 0.1) is 11.7 Å². The average Bonchev–Trinajstić information content (AvgIpc) is 2.38. The van der Waals surface area contributed by atoms with E-state index in [-0.39, 0.29) is 12.6 Å². The van der Waals surface area contributed by atoms with Gasteiger partial charge in [-0.15, -0.1) is 0 Å². The number of aliphatic hydroxyl groups is 1. The fourth-order valence-corrected chi connectivity index (χ4v) is 2.21. The maximum atomic E-state index is 9.16. The lowest BCUT2D eigenvalue weighted by atomic mass is 10.1. The monoisotopic (exact) mass is 221 g/mol. The van der Waals surface area contributed by atoms with Gasteiger partial charge in [0.2, 0.25) is 0 Å². The minimum atomic E-state index is 0.213. The van der Waals surface area contributed by atoms with E-state index in [0.29, 0.717) is 0 Å². The molecule has 16 heavy (non-hydrogen) atoms. The number of nitrogens with one attached hydrogen (secondary N) is 1. The molecule has 2 N–H and O–H groups in total. The van der Waals surface area contributed by atoms with Gasteiger partial charge in [0.15, 0.2) is 0 Å². The van der Waals surface area contributed by atoms with E-state index in [4.69, 9.17) is 5.11 Å². The summed E-state index contributed by atoms with van der Waals surface area (Å²) < 4.78 is 0. The third kappa shape index (κ3) is 2.78. The van der Waals surface area contributed by atoms with Crippen molar-refractivity contribution in [3.8, 4) is 0 Å². The highest BCUT2D eigenvalue weighted by atomic mass is 16.3. The molecule has 0 radical (unpaired) electrons. The molecule has 0 amide bonds. The number of aromatic nitrogens is 1. The Morgan fingerprint density at radius 2 is 2.19 bits per heavy atom. The first-order chi connectivity index (χ1) is 7.92. The number of pyridine rings is 1. The minimum absolute atomic E-state index is 0.213. The molecule has 1 saturated heterocycles. The van der Waals surface area contributed by atoms with E-state index in [1.165, 1.54) is 0 Å². The maximum absolute atomic E-state index is 9.16. The molecule has 1 aromatic rings. The molecule has 4 heteroatoms. The topological polar surface area (TPSA) is 48.4 Å². The second-order valence-electron chi connectivity index (χ2n) is 4.07. The highest BCUT2D eigenvalue weighted by Gasteiger charge is 2.22. The van der Waals surface area contributed by atoms with Gasteiger partial charge in [-0.1, -0.05) is 6.07 Å². The molecule has 0 bridgehead atoms. The van der Waals surface area contributed by atoms with Crippen molar-refractivity contribution in [1.82, 2.24) is 15.2 Å². The van der Waals surface area contributed by atoms with Crippen molar-refractivity contribution in [3.05, 3.63) is 30.1 Å². The van der Waals surface area contributed by atoms with Crippen LogP contribution >= 0.6 is 0 Å². The Morgan fingerprint density at radius 3 is 2.81 bits per heavy atom. The molecule has 0 spiro atoms. The molecule has 1 unspecified atom stereocenters. The molecule has 88 valence electrons. The van der Waals surface area contributed by atoms with Gasteiger partial charge in [-0.25, -0.2) is 0 Å². The molecule has 1 aliphatic rings. The van der Waals surface area contributed by atoms with Crippen molar-refractivity contribution in [1.29, 1.82) is 0 Å². The summed E-state index contributed by atoms with van der Waals surface area (Å²) in [6.45, 7) is 4.32. The van der Waals surface area contributed by atoms with Crippen molar-refractivity contribution >= 4 is 0 Å². The first-order valence-electron chi connectivity index (χ1n) is 5.88. The van der Waals surface area contributed by atoms with Crippen LogP contribution in [-0.4, -0.2) is 47.8 Å². The van der Waals surface area contributed by atoms with Gasteiger partial charge in [-0.3, -0.25) is 9.88 Å². The molecular formula is C12H19N3O. The predicted octanol–water partition coefficient (Wildman–Crippen LogP) is 0.410. The standard InChI is InChI=1S/C12H19N3O/c16-10-4-12(11-3-1-2-5-14-11)15-8-6-13-7-9-15/h1-3,5,12-13,16H,4,6-10H2. The van der Waals surface area contributed by atoms with Gasteiger partial charge >= 0.3 is 0 Å². The number of rotatable bonds is 4. The average molecular weight is 221 g/mol. The highest BCUT2D eigenvalue weighted by molar-refractivity contribution is 5.09. The SMILES string of the molecule is OCCC(c1ccccn1)N1CCNCC1. The molecule has 1 fully saturated rings. The van der Waals surface area contributed by atoms with Crippen molar-refractivity contribution in [2.45, 2.75) is 12.5 Å². The Morgan fingerprint density at radius 1 is 1.38 bits per heavy atom. The lowest BCUT2D eigenvalue weighted by Gasteiger charge is -2.34. The van der Waals surface area contributed by atoms with Crippen LogP contribution in [0.2, 0.25) is 0 Å². The smallest absolute Gasteiger partial charge is 0.0576 e. The van der Waals surface area contributed by atoms with Crippen LogP contribution in [0.25, 0.3) is 0 Å². The molecular weight excluding hydrogens is 202 g/mol. The van der Waals surface area contributed by atoms with E-state index in [0.717, 1.165) is 38.3 Å². The Labute approximate surface area is 96.3 Å². The Kier molecular flexibility index (Phi) is 4.27. The van der Waals surface area contributed by atoms with Crippen LogP contribution in [0, 0.1) is 0 Å². The second kappa shape index (κ2) is 5.94. The first-order valence-corrected chi connectivity index (χ1v) is 5.88. The molecule has 2 heterocycles. The number of hydrogen-bond acceptors (Lipinski definition) is 4. The number of hydrogen-bond donors (Lipinski definition) is 2. The summed E-state index contributed by atoms with van der Waals surface area (Å²) >= 11 is 0. The number of nitrogens with zero attached hydrogens (tertiary/aromatic N) is 2. The van der Waals surface area contributed by atoms with Crippen LogP contribution < -0.4 is 5.32 Å². The van der Waals surface area contributed by atoms with Gasteiger partial charge in [0.25, 0.3) is 0 Å². The van der Waals surface area contributed by atoms with E-state index >= 15 is 0 Å². The van der Waals surface area contributed by atoms with Gasteiger partial charge in [-0.2, -0.15) is 0 Å². The summed E-state index contributed by atoms with van der Waals surface area (Å²) in [6.07, 6.45) is 2.58. The molecule has 0 aromatic carbocycles. The lowest BCUT2D eigenvalue weighted by molar-refractivity contribution is 0.138. The summed E-state index contributed by atoms with van der Waals surface area (Å²) in [5, 5.41) is 12.5. The number of piperazine rings is 1. The molecule has 4 nitrogen and oxygen atoms in total. The van der Waals surface area contributed by atoms with Crippen LogP contribution in [0.15, 0.2) is 24.4 Å². The van der Waals surface area contributed by atoms with E-state index in [1.54, 1.807) is 0 Å². The van der Waals surface area contributed by atoms with Crippen LogP contribution in [0.5, 0.6) is 0 Å². The fourth-order valence-electron chi connectivity index (χ4n) is 2.21. The lowest BCUT2D eigenvalue weighted by Crippen LogP contribution is -2.45. The zero-order chi connectivity index (χ0) is 11.2. The van der Waals surface area contributed by atoms with Gasteiger partial charge in [-0.05, 0) is 18.6 Å². The Bertz CT molecular complexity index is 298. The Balaban J connectivity index is 2.09. The second-order valence-corrected chi connectivity index (χ2v) is 4.07. The van der Waals surface area contributed by atoms with Crippen molar-refractivity contribution in [2.75, 3.05) is 32.8 Å². The van der Waals surface area contributed by atoms with Crippen LogP contribution in [0.1, 0.15) is 18.2 Å². The summed E-state index contributed by atoms with van der Waals surface area (Å²) in [6, 6.07) is 6.24. The molecule has 0 aliphatic carbocycles. The zero-order valence-corrected chi connectivity index (χ0v) is 9.47. The van der Waals surface area contributed by atoms with Crippen LogP contribution in [0.4, 0.5) is 0 Å². The molecule has 0 saturated carbocycles. The first kappa shape index (κ1) is 11.5. The summed E-state index contributed by atoms with van der Waals surface area (Å²) in [5.41, 5.74) is 1.07.